The van der Waals surface area contributed by atoms with Crippen molar-refractivity contribution >= 4 is 29.8 Å². The molecule has 0 aromatic heterocycles. The summed E-state index contributed by atoms with van der Waals surface area (Å²) in [7, 11) is 0. The first-order chi connectivity index (χ1) is 26.9. The number of carboxylic acids is 4. The van der Waals surface area contributed by atoms with Crippen LogP contribution in [0, 0.1) is 47.3 Å². The van der Waals surface area contributed by atoms with Gasteiger partial charge < -0.3 is 40.1 Å². The van der Waals surface area contributed by atoms with Gasteiger partial charge in [0.15, 0.2) is 0 Å². The van der Waals surface area contributed by atoms with Gasteiger partial charge in [0.2, 0.25) is 5.91 Å². The van der Waals surface area contributed by atoms with E-state index in [1.165, 1.54) is 25.7 Å². The lowest BCUT2D eigenvalue weighted by Gasteiger charge is -2.40. The molecule has 6 rings (SSSR count). The topological polar surface area (TPSA) is 218 Å². The second-order valence-corrected chi connectivity index (χ2v) is 18.2. The van der Waals surface area contributed by atoms with Gasteiger partial charge in [-0.25, -0.2) is 0 Å². The summed E-state index contributed by atoms with van der Waals surface area (Å²) < 4.78 is 13.2. The van der Waals surface area contributed by atoms with E-state index in [-0.39, 0.29) is 49.4 Å². The Morgan fingerprint density at radius 1 is 0.446 bits per heavy atom. The van der Waals surface area contributed by atoms with Crippen molar-refractivity contribution in [1.82, 2.24) is 10.8 Å². The molecule has 0 aromatic carbocycles. The molecule has 0 aliphatic heterocycles. The molecule has 316 valence electrons. The van der Waals surface area contributed by atoms with Crippen molar-refractivity contribution in [2.75, 3.05) is 6.61 Å². The normalized spacial score (nSPS) is 39.6. The maximum atomic E-state index is 13.1. The largest absolute Gasteiger partial charge is 0.481 e. The molecule has 6 aliphatic carbocycles. The third-order valence-corrected chi connectivity index (χ3v) is 14.6. The van der Waals surface area contributed by atoms with Crippen LogP contribution in [0.25, 0.3) is 0 Å². The van der Waals surface area contributed by atoms with Crippen LogP contribution in [0.2, 0.25) is 0 Å². The summed E-state index contributed by atoms with van der Waals surface area (Å²) in [5, 5.41) is 41.0. The summed E-state index contributed by atoms with van der Waals surface area (Å²) in [4.78, 5) is 65.3. The van der Waals surface area contributed by atoms with Crippen LogP contribution in [0.3, 0.4) is 0 Å². The smallest absolute Gasteiger partial charge is 0.308 e. The van der Waals surface area contributed by atoms with Gasteiger partial charge in [-0.1, -0.05) is 0 Å². The molecule has 0 radical (unpaired) electrons. The first-order valence-corrected chi connectivity index (χ1v) is 21.8. The van der Waals surface area contributed by atoms with Gasteiger partial charge in [0.1, 0.15) is 0 Å². The van der Waals surface area contributed by atoms with E-state index in [4.69, 9.17) is 14.3 Å². The minimum Gasteiger partial charge on any atom is -0.481 e. The van der Waals surface area contributed by atoms with Gasteiger partial charge >= 0.3 is 23.9 Å². The summed E-state index contributed by atoms with van der Waals surface area (Å²) in [5.74, 6) is -4.72. The average molecular weight is 791 g/mol. The first-order valence-electron chi connectivity index (χ1n) is 21.8. The average Bonchev–Trinajstić information content (AvgIpc) is 3.19. The molecule has 0 bridgehead atoms. The zero-order chi connectivity index (χ0) is 39.8. The Morgan fingerprint density at radius 2 is 0.839 bits per heavy atom. The molecule has 14 heteroatoms. The number of nitrogens with one attached hydrogen (secondary N) is 2. The quantitative estimate of drug-likeness (QED) is 0.108. The summed E-state index contributed by atoms with van der Waals surface area (Å²) in [5.41, 5.74) is 2.92. The Balaban J connectivity index is 0.813. The fraction of sp³-hybridized carbons (Fsp3) is 0.881. The molecule has 6 fully saturated rings. The minimum atomic E-state index is -0.979. The summed E-state index contributed by atoms with van der Waals surface area (Å²) >= 11 is 0. The van der Waals surface area contributed by atoms with E-state index < -0.39 is 59.6 Å². The lowest BCUT2D eigenvalue weighted by atomic mass is 9.72. The van der Waals surface area contributed by atoms with E-state index in [0.29, 0.717) is 50.7 Å². The lowest BCUT2D eigenvalue weighted by Crippen LogP contribution is -2.50. The molecule has 6 atom stereocenters. The molecule has 0 spiro atoms. The number of amides is 1. The minimum absolute atomic E-state index is 0.145. The Bertz CT molecular complexity index is 1330. The van der Waals surface area contributed by atoms with Crippen molar-refractivity contribution in [2.24, 2.45) is 47.3 Å². The summed E-state index contributed by atoms with van der Waals surface area (Å²) in [6.45, 7) is 0.489. The summed E-state index contributed by atoms with van der Waals surface area (Å²) in [6, 6.07) is -1.14. The fourth-order valence-electron chi connectivity index (χ4n) is 11.1. The van der Waals surface area contributed by atoms with Gasteiger partial charge in [0.25, 0.3) is 0 Å². The van der Waals surface area contributed by atoms with Crippen LogP contribution in [0.4, 0.5) is 0 Å². The Hall–Kier alpha value is -2.81. The molecular formula is C42H66N2O12. The van der Waals surface area contributed by atoms with Crippen LogP contribution in [-0.4, -0.2) is 93.3 Å². The van der Waals surface area contributed by atoms with Gasteiger partial charge in [-0.3, -0.25) is 24.0 Å². The van der Waals surface area contributed by atoms with Crippen molar-refractivity contribution in [3.8, 4) is 0 Å². The molecule has 0 aromatic rings. The lowest BCUT2D eigenvalue weighted by molar-refractivity contribution is -0.152. The molecule has 56 heavy (non-hydrogen) atoms. The molecule has 6 N–H and O–H groups in total. The molecule has 6 saturated carbocycles. The molecule has 0 heterocycles. The second kappa shape index (κ2) is 20.2. The summed E-state index contributed by atoms with van der Waals surface area (Å²) in [6.07, 6.45) is 19.0. The van der Waals surface area contributed by atoms with Crippen molar-refractivity contribution in [3.05, 3.63) is 0 Å². The standard InChI is InChI=1S/C42H66N2O12/c45-38(43-36-21-28(39(46)47)9-19-34(36)41(50)51)27-7-17-33(18-8-27)56-32-15-5-26(6-16-32)25-3-13-31(14-4-25)55-30-11-1-24(2-12-30)23-54-44-37-22-29(40(48)49)10-20-35(37)42(52)53/h24-37,44H,1-23H2,(H,43,45)(H,46,47)(H,48,49)(H,50,51)(H,52,53). The Labute approximate surface area is 330 Å². The Morgan fingerprint density at radius 3 is 1.29 bits per heavy atom. The van der Waals surface area contributed by atoms with E-state index in [2.05, 4.69) is 10.8 Å². The maximum Gasteiger partial charge on any atom is 0.308 e. The molecule has 6 unspecified atom stereocenters. The van der Waals surface area contributed by atoms with Crippen molar-refractivity contribution in [1.29, 1.82) is 0 Å². The Kier molecular flexibility index (Phi) is 15.5. The molecular weight excluding hydrogens is 724 g/mol. The van der Waals surface area contributed by atoms with Gasteiger partial charge in [0, 0.05) is 18.0 Å². The maximum absolute atomic E-state index is 13.1. The van der Waals surface area contributed by atoms with Gasteiger partial charge in [-0.05, 0) is 159 Å². The van der Waals surface area contributed by atoms with E-state index in [0.717, 1.165) is 76.0 Å². The highest BCUT2D eigenvalue weighted by molar-refractivity contribution is 5.81. The highest BCUT2D eigenvalue weighted by atomic mass is 16.6. The predicted molar refractivity (Wildman–Crippen MR) is 202 cm³/mol. The third kappa shape index (κ3) is 11.7. The van der Waals surface area contributed by atoms with Crippen LogP contribution in [0.1, 0.15) is 141 Å². The number of hydrogen-bond acceptors (Lipinski definition) is 9. The van der Waals surface area contributed by atoms with Gasteiger partial charge in [-0.15, -0.1) is 0 Å². The molecule has 6 aliphatic rings. The van der Waals surface area contributed by atoms with Gasteiger partial charge in [0.05, 0.1) is 54.7 Å². The molecule has 0 saturated heterocycles. The third-order valence-electron chi connectivity index (χ3n) is 14.6. The first kappa shape index (κ1) is 42.8. The number of carbonyl (C=O) groups excluding carboxylic acids is 1. The highest BCUT2D eigenvalue weighted by Crippen LogP contribution is 2.42. The van der Waals surface area contributed by atoms with Crippen molar-refractivity contribution in [3.63, 3.8) is 0 Å². The second-order valence-electron chi connectivity index (χ2n) is 18.2. The van der Waals surface area contributed by atoms with Crippen LogP contribution < -0.4 is 10.8 Å². The van der Waals surface area contributed by atoms with Gasteiger partial charge in [-0.2, -0.15) is 5.48 Å². The van der Waals surface area contributed by atoms with Crippen LogP contribution in [-0.2, 0) is 38.3 Å². The van der Waals surface area contributed by atoms with Crippen molar-refractivity contribution < 1.29 is 58.7 Å². The predicted octanol–water partition coefficient (Wildman–Crippen LogP) is 5.80. The van der Waals surface area contributed by atoms with E-state index in [1.807, 2.05) is 0 Å². The zero-order valence-corrected chi connectivity index (χ0v) is 32.9. The van der Waals surface area contributed by atoms with Crippen molar-refractivity contribution in [2.45, 2.75) is 178 Å². The fourth-order valence-corrected chi connectivity index (χ4v) is 11.1. The highest BCUT2D eigenvalue weighted by Gasteiger charge is 2.41. The van der Waals surface area contributed by atoms with E-state index >= 15 is 0 Å². The number of ether oxygens (including phenoxy) is 2. The van der Waals surface area contributed by atoms with Crippen LogP contribution in [0.5, 0.6) is 0 Å². The van der Waals surface area contributed by atoms with Crippen LogP contribution in [0.15, 0.2) is 0 Å². The molecule has 1 amide bonds. The van der Waals surface area contributed by atoms with E-state index in [1.54, 1.807) is 0 Å². The SMILES string of the molecule is O=C(O)C1CCC(C(=O)O)C(NOCC2CCC(OC3CCC(C4CCC(OC5CCC(C(=O)NC6CC(C(=O)O)CCC6C(=O)O)CC5)CC4)CC3)CC2)C1. The number of aliphatic carboxylic acids is 4. The number of carbonyl (C=O) groups is 5. The number of rotatable bonds is 15. The monoisotopic (exact) mass is 790 g/mol. The number of carboxylic acid groups (broad SMARTS) is 4. The zero-order valence-electron chi connectivity index (χ0n) is 32.9. The number of hydroxylamine groups is 1. The molecule has 14 nitrogen and oxygen atoms in total. The number of hydrogen-bond donors (Lipinski definition) is 6. The van der Waals surface area contributed by atoms with Crippen LogP contribution >= 0.6 is 0 Å². The van der Waals surface area contributed by atoms with E-state index in [9.17, 15) is 44.4 Å².